The first kappa shape index (κ1) is 15.5. The summed E-state index contributed by atoms with van der Waals surface area (Å²) in [5, 5.41) is 7.06. The second kappa shape index (κ2) is 5.37. The predicted octanol–water partition coefficient (Wildman–Crippen LogP) is 5.43. The van der Waals surface area contributed by atoms with E-state index in [2.05, 4.69) is 35.6 Å². The van der Waals surface area contributed by atoms with E-state index < -0.39 is 0 Å². The molecule has 0 amide bonds. The maximum Gasteiger partial charge on any atom is 0.129 e. The summed E-state index contributed by atoms with van der Waals surface area (Å²) in [6.45, 7) is 0.587. The molecule has 1 N–H and O–H groups in total. The monoisotopic (exact) mass is 386 g/mol. The molecule has 138 valence electrons. The van der Waals surface area contributed by atoms with Gasteiger partial charge < -0.3 is 10.1 Å². The first-order valence-corrected chi connectivity index (χ1v) is 10.5. The summed E-state index contributed by atoms with van der Waals surface area (Å²) in [6.07, 6.45) is 3.59. The number of benzene rings is 3. The van der Waals surface area contributed by atoms with E-state index in [1.54, 1.807) is 0 Å². The summed E-state index contributed by atoms with van der Waals surface area (Å²) < 4.78 is 6.00. The van der Waals surface area contributed by atoms with Gasteiger partial charge in [0, 0.05) is 34.8 Å². The van der Waals surface area contributed by atoms with Gasteiger partial charge in [-0.05, 0) is 82.6 Å². The van der Waals surface area contributed by atoms with Crippen LogP contribution in [0.3, 0.4) is 0 Å². The van der Waals surface area contributed by atoms with Gasteiger partial charge in [0.1, 0.15) is 12.4 Å². The quantitative estimate of drug-likeness (QED) is 0.604. The minimum Gasteiger partial charge on any atom is -0.488 e. The molecule has 0 aromatic heterocycles. The van der Waals surface area contributed by atoms with Gasteiger partial charge in [-0.1, -0.05) is 17.7 Å². The lowest BCUT2D eigenvalue weighted by molar-refractivity contribution is 0.302. The molecule has 1 aliphatic carbocycles. The van der Waals surface area contributed by atoms with E-state index in [9.17, 15) is 0 Å². The Morgan fingerprint density at radius 1 is 1.04 bits per heavy atom. The van der Waals surface area contributed by atoms with Gasteiger partial charge in [-0.3, -0.25) is 4.99 Å². The van der Waals surface area contributed by atoms with Crippen LogP contribution in [0.2, 0.25) is 5.02 Å². The fourth-order valence-electron chi connectivity index (χ4n) is 5.27. The SMILES string of the molecule is Clc1ccc2c(c1)OCc1cc3c4c(ccc3cc1-2)N=C(C1C[C@H]2C[C@H]2N1)C4. The highest BCUT2D eigenvalue weighted by Gasteiger charge is 2.47. The standard InChI is InChI=1S/C24H19ClN2O/c25-15-2-3-16-18-5-12-1-4-20-19(17(12)6-14(18)11-28-24(16)9-15)10-23(26-20)22-8-13-7-21(13)27-22/h1-6,9,13,21-22,27H,7-8,10-11H2/t13-,21-,22?/m1/s1. The van der Waals surface area contributed by atoms with Crippen molar-refractivity contribution < 1.29 is 4.74 Å². The average Bonchev–Trinajstić information content (AvgIpc) is 3.13. The third-order valence-electron chi connectivity index (χ3n) is 6.85. The van der Waals surface area contributed by atoms with Crippen LogP contribution in [0.5, 0.6) is 5.75 Å². The molecule has 4 heteroatoms. The topological polar surface area (TPSA) is 33.6 Å². The highest BCUT2D eigenvalue weighted by molar-refractivity contribution is 6.30. The highest BCUT2D eigenvalue weighted by Crippen LogP contribution is 2.45. The summed E-state index contributed by atoms with van der Waals surface area (Å²) in [5.74, 6) is 1.77. The van der Waals surface area contributed by atoms with Crippen molar-refractivity contribution in [2.24, 2.45) is 10.9 Å². The van der Waals surface area contributed by atoms with Gasteiger partial charge in [0.05, 0.1) is 5.69 Å². The minimum absolute atomic E-state index is 0.476. The third kappa shape index (κ3) is 2.17. The van der Waals surface area contributed by atoms with Gasteiger partial charge in [-0.2, -0.15) is 0 Å². The Morgan fingerprint density at radius 3 is 2.89 bits per heavy atom. The molecule has 28 heavy (non-hydrogen) atoms. The van der Waals surface area contributed by atoms with Gasteiger partial charge >= 0.3 is 0 Å². The zero-order chi connectivity index (χ0) is 18.4. The highest BCUT2D eigenvalue weighted by atomic mass is 35.5. The molecule has 3 aromatic rings. The van der Waals surface area contributed by atoms with E-state index in [-0.39, 0.29) is 0 Å². The van der Waals surface area contributed by atoms with Crippen LogP contribution in [-0.2, 0) is 13.0 Å². The van der Waals surface area contributed by atoms with Crippen molar-refractivity contribution in [2.45, 2.75) is 38.0 Å². The molecule has 3 aromatic carbocycles. The van der Waals surface area contributed by atoms with Crippen molar-refractivity contribution in [3.8, 4) is 16.9 Å². The number of fused-ring (bicyclic) bond motifs is 7. The Morgan fingerprint density at radius 2 is 2.00 bits per heavy atom. The van der Waals surface area contributed by atoms with Crippen LogP contribution in [0.4, 0.5) is 5.69 Å². The Hall–Kier alpha value is -2.36. The largest absolute Gasteiger partial charge is 0.488 e. The van der Waals surface area contributed by atoms with E-state index in [1.807, 2.05) is 12.1 Å². The van der Waals surface area contributed by atoms with E-state index >= 15 is 0 Å². The number of halogens is 1. The van der Waals surface area contributed by atoms with Gasteiger partial charge in [-0.15, -0.1) is 0 Å². The number of piperidine rings is 1. The first-order chi connectivity index (χ1) is 13.7. The van der Waals surface area contributed by atoms with Gasteiger partial charge in [0.15, 0.2) is 0 Å². The summed E-state index contributed by atoms with van der Waals surface area (Å²) in [4.78, 5) is 5.00. The van der Waals surface area contributed by atoms with Crippen molar-refractivity contribution >= 4 is 33.8 Å². The first-order valence-electron chi connectivity index (χ1n) is 10.1. The summed E-state index contributed by atoms with van der Waals surface area (Å²) in [7, 11) is 0. The van der Waals surface area contributed by atoms with Crippen molar-refractivity contribution in [3.05, 3.63) is 58.6 Å². The Bertz CT molecular complexity index is 1200. The predicted molar refractivity (Wildman–Crippen MR) is 113 cm³/mol. The zero-order valence-corrected chi connectivity index (χ0v) is 16.1. The number of nitrogens with zero attached hydrogens (tertiary/aromatic N) is 1. The van der Waals surface area contributed by atoms with Crippen molar-refractivity contribution in [1.82, 2.24) is 5.32 Å². The molecular formula is C24H19ClN2O. The maximum absolute atomic E-state index is 6.14. The van der Waals surface area contributed by atoms with Gasteiger partial charge in [0.2, 0.25) is 0 Å². The lowest BCUT2D eigenvalue weighted by Gasteiger charge is -2.22. The minimum atomic E-state index is 0.476. The lowest BCUT2D eigenvalue weighted by atomic mass is 9.90. The summed E-state index contributed by atoms with van der Waals surface area (Å²) in [6, 6.07) is 16.2. The summed E-state index contributed by atoms with van der Waals surface area (Å²) in [5.41, 5.74) is 7.46. The van der Waals surface area contributed by atoms with Crippen LogP contribution >= 0.6 is 11.6 Å². The van der Waals surface area contributed by atoms with Crippen LogP contribution in [0.15, 0.2) is 47.5 Å². The molecule has 1 saturated carbocycles. The number of hydrogen-bond donors (Lipinski definition) is 1. The average molecular weight is 387 g/mol. The van der Waals surface area contributed by atoms with Crippen molar-refractivity contribution in [2.75, 3.05) is 0 Å². The second-order valence-electron chi connectivity index (χ2n) is 8.56. The van der Waals surface area contributed by atoms with E-state index in [0.717, 1.165) is 35.4 Å². The van der Waals surface area contributed by atoms with E-state index in [0.29, 0.717) is 17.7 Å². The van der Waals surface area contributed by atoms with Crippen LogP contribution in [0.1, 0.15) is 24.0 Å². The Balaban J connectivity index is 1.32. The normalized spacial score (nSPS) is 26.2. The molecule has 0 radical (unpaired) electrons. The maximum atomic E-state index is 6.14. The van der Waals surface area contributed by atoms with Crippen LogP contribution in [-0.4, -0.2) is 17.8 Å². The van der Waals surface area contributed by atoms with Crippen molar-refractivity contribution in [3.63, 3.8) is 0 Å². The molecule has 3 atom stereocenters. The fraction of sp³-hybridized carbons (Fsp3) is 0.292. The van der Waals surface area contributed by atoms with E-state index in [4.69, 9.17) is 21.3 Å². The molecule has 1 saturated heterocycles. The van der Waals surface area contributed by atoms with Gasteiger partial charge in [-0.25, -0.2) is 0 Å². The second-order valence-corrected chi connectivity index (χ2v) is 9.00. The van der Waals surface area contributed by atoms with Crippen LogP contribution in [0, 0.1) is 5.92 Å². The zero-order valence-electron chi connectivity index (χ0n) is 15.3. The molecule has 3 heterocycles. The van der Waals surface area contributed by atoms with Crippen LogP contribution in [0.25, 0.3) is 21.9 Å². The molecule has 0 spiro atoms. The number of rotatable bonds is 1. The van der Waals surface area contributed by atoms with E-state index in [1.165, 1.54) is 46.0 Å². The molecule has 3 nitrogen and oxygen atoms in total. The third-order valence-corrected chi connectivity index (χ3v) is 7.08. The smallest absolute Gasteiger partial charge is 0.129 e. The molecule has 7 rings (SSSR count). The molecule has 3 aliphatic heterocycles. The lowest BCUT2D eigenvalue weighted by Crippen LogP contribution is -2.33. The Kier molecular flexibility index (Phi) is 2.98. The molecular weight excluding hydrogens is 368 g/mol. The molecule has 0 bridgehead atoms. The van der Waals surface area contributed by atoms with Crippen molar-refractivity contribution in [1.29, 1.82) is 0 Å². The number of hydrogen-bond acceptors (Lipinski definition) is 3. The molecule has 1 unspecified atom stereocenters. The van der Waals surface area contributed by atoms with Crippen LogP contribution < -0.4 is 10.1 Å². The number of nitrogens with one attached hydrogen (secondary N) is 1. The molecule has 4 aliphatic rings. The molecule has 2 fully saturated rings. The van der Waals surface area contributed by atoms with Gasteiger partial charge in [0.25, 0.3) is 0 Å². The number of ether oxygens (including phenoxy) is 1. The number of aliphatic imine (C=N–C) groups is 1. The fourth-order valence-corrected chi connectivity index (χ4v) is 5.43. The Labute approximate surface area is 168 Å². The summed E-state index contributed by atoms with van der Waals surface area (Å²) >= 11 is 6.14.